The topological polar surface area (TPSA) is 55.4 Å². The van der Waals surface area contributed by atoms with E-state index in [0.29, 0.717) is 37.6 Å². The molecular formula is C25H18Cl5NO3. The van der Waals surface area contributed by atoms with Gasteiger partial charge in [0.25, 0.3) is 0 Å². The van der Waals surface area contributed by atoms with Gasteiger partial charge in [-0.15, -0.1) is 23.2 Å². The first-order chi connectivity index (χ1) is 16.1. The zero-order valence-electron chi connectivity index (χ0n) is 17.7. The summed E-state index contributed by atoms with van der Waals surface area (Å²) < 4.78 is 3.83. The molecule has 1 fully saturated rings. The maximum Gasteiger partial charge on any atom is 0.231 e. The Hall–Kier alpha value is -1.95. The van der Waals surface area contributed by atoms with Gasteiger partial charge in [-0.25, -0.2) is 0 Å². The van der Waals surface area contributed by atoms with Crippen molar-refractivity contribution >= 4 is 75.4 Å². The number of benzene rings is 3. The monoisotopic (exact) mass is 555 g/mol. The van der Waals surface area contributed by atoms with Crippen LogP contribution in [0.15, 0.2) is 60.7 Å². The van der Waals surface area contributed by atoms with Crippen molar-refractivity contribution in [2.75, 3.05) is 12.4 Å². The number of hydrogen-bond donors (Lipinski definition) is 1. The van der Waals surface area contributed by atoms with Gasteiger partial charge in [-0.2, -0.15) is 0 Å². The molecule has 3 aromatic carbocycles. The Morgan fingerprint density at radius 3 is 2.21 bits per heavy atom. The number of carbonyl (C=O) groups excluding carboxylic acids is 2. The molecule has 4 rings (SSSR count). The van der Waals surface area contributed by atoms with E-state index >= 15 is 0 Å². The third-order valence-electron chi connectivity index (χ3n) is 5.64. The van der Waals surface area contributed by atoms with Crippen LogP contribution in [-0.2, 0) is 11.2 Å². The molecule has 1 aliphatic rings. The van der Waals surface area contributed by atoms with Gasteiger partial charge in [0.1, 0.15) is 10.1 Å². The van der Waals surface area contributed by atoms with E-state index in [1.54, 1.807) is 55.6 Å². The molecular weight excluding hydrogens is 540 g/mol. The molecule has 2 unspecified atom stereocenters. The lowest BCUT2D eigenvalue weighted by atomic mass is 10.0. The van der Waals surface area contributed by atoms with Crippen LogP contribution in [0.1, 0.15) is 27.4 Å². The number of ether oxygens (including phenoxy) is 1. The van der Waals surface area contributed by atoms with Crippen molar-refractivity contribution in [3.63, 3.8) is 0 Å². The van der Waals surface area contributed by atoms with Gasteiger partial charge in [0.05, 0.1) is 18.1 Å². The van der Waals surface area contributed by atoms with Crippen LogP contribution in [0.25, 0.3) is 0 Å². The summed E-state index contributed by atoms with van der Waals surface area (Å²) in [5, 5.41) is 3.93. The molecule has 0 aliphatic heterocycles. The molecule has 4 nitrogen and oxygen atoms in total. The average Bonchev–Trinajstić information content (AvgIpc) is 3.37. The van der Waals surface area contributed by atoms with E-state index in [-0.39, 0.29) is 18.1 Å². The van der Waals surface area contributed by atoms with E-state index in [0.717, 1.165) is 5.56 Å². The molecule has 0 bridgehead atoms. The number of alkyl halides is 2. The zero-order chi connectivity index (χ0) is 24.6. The van der Waals surface area contributed by atoms with Crippen molar-refractivity contribution in [2.45, 2.75) is 16.7 Å². The maximum atomic E-state index is 13.0. The summed E-state index contributed by atoms with van der Waals surface area (Å²) in [5.41, 5.74) is 2.19. The number of hydrogen-bond acceptors (Lipinski definition) is 3. The van der Waals surface area contributed by atoms with E-state index in [9.17, 15) is 9.59 Å². The van der Waals surface area contributed by atoms with E-state index in [1.165, 1.54) is 0 Å². The molecule has 3 aromatic rings. The highest BCUT2D eigenvalue weighted by atomic mass is 35.5. The number of nitrogens with one attached hydrogen (secondary N) is 1. The molecule has 2 atom stereocenters. The predicted octanol–water partition coefficient (Wildman–Crippen LogP) is 7.61. The lowest BCUT2D eigenvalue weighted by Crippen LogP contribution is -2.17. The minimum atomic E-state index is -1.31. The van der Waals surface area contributed by atoms with Crippen molar-refractivity contribution in [1.29, 1.82) is 0 Å². The summed E-state index contributed by atoms with van der Waals surface area (Å²) in [4.78, 5) is 25.9. The Kier molecular flexibility index (Phi) is 7.37. The minimum Gasteiger partial charge on any atom is -0.497 e. The first kappa shape index (κ1) is 25.2. The van der Waals surface area contributed by atoms with Crippen molar-refractivity contribution in [3.8, 4) is 5.75 Å². The van der Waals surface area contributed by atoms with Crippen LogP contribution in [0.5, 0.6) is 5.75 Å². The fourth-order valence-electron chi connectivity index (χ4n) is 3.88. The Bertz CT molecular complexity index is 1240. The highest BCUT2D eigenvalue weighted by molar-refractivity contribution is 6.53. The number of carbonyl (C=O) groups is 2. The van der Waals surface area contributed by atoms with E-state index in [1.807, 2.05) is 12.1 Å². The fraction of sp³-hybridized carbons (Fsp3) is 0.200. The van der Waals surface area contributed by atoms with E-state index in [4.69, 9.17) is 62.7 Å². The Morgan fingerprint density at radius 1 is 0.941 bits per heavy atom. The molecule has 1 amide bonds. The van der Waals surface area contributed by atoms with Crippen LogP contribution in [0, 0.1) is 5.92 Å². The number of amides is 1. The molecule has 0 aromatic heterocycles. The lowest BCUT2D eigenvalue weighted by Gasteiger charge is -2.10. The van der Waals surface area contributed by atoms with Crippen LogP contribution in [-0.4, -0.2) is 23.1 Å². The van der Waals surface area contributed by atoms with Gasteiger partial charge >= 0.3 is 0 Å². The number of ketones is 1. The SMILES string of the molecule is COc1ccc(CC(=O)c2cc(NC(=O)C3C(c4cc(Cl)cc(Cl)c4)C3(Cl)Cl)ccc2Cl)cc1. The highest BCUT2D eigenvalue weighted by Crippen LogP contribution is 2.65. The Morgan fingerprint density at radius 2 is 1.59 bits per heavy atom. The standard InChI is InChI=1S/C25H18Cl5NO3/c1-34-18-5-2-13(3-6-18)8-21(32)19-12-17(4-7-20(19)28)31-24(33)23-22(25(23,29)30)14-9-15(26)11-16(27)10-14/h2-7,9-12,22-23H,8H2,1H3,(H,31,33). The molecule has 1 saturated carbocycles. The van der Waals surface area contributed by atoms with E-state index in [2.05, 4.69) is 5.32 Å². The van der Waals surface area contributed by atoms with Crippen LogP contribution in [0.4, 0.5) is 5.69 Å². The average molecular weight is 558 g/mol. The molecule has 0 saturated heterocycles. The van der Waals surface area contributed by atoms with Gasteiger partial charge in [0.2, 0.25) is 5.91 Å². The van der Waals surface area contributed by atoms with E-state index < -0.39 is 16.2 Å². The van der Waals surface area contributed by atoms with Crippen LogP contribution >= 0.6 is 58.0 Å². The minimum absolute atomic E-state index is 0.147. The second-order valence-corrected chi connectivity index (χ2v) is 10.7. The largest absolute Gasteiger partial charge is 0.497 e. The molecule has 0 spiro atoms. The second kappa shape index (κ2) is 9.96. The number of rotatable bonds is 7. The number of Topliss-reactive ketones (excluding diaryl/α,β-unsaturated/α-hetero) is 1. The summed E-state index contributed by atoms with van der Waals surface area (Å²) in [6.45, 7) is 0. The van der Waals surface area contributed by atoms with Crippen molar-refractivity contribution in [3.05, 3.63) is 92.4 Å². The summed E-state index contributed by atoms with van der Waals surface area (Å²) >= 11 is 31.3. The normalized spacial score (nSPS) is 18.3. The zero-order valence-corrected chi connectivity index (χ0v) is 21.5. The Balaban J connectivity index is 1.49. The fourth-order valence-corrected chi connectivity index (χ4v) is 5.48. The summed E-state index contributed by atoms with van der Waals surface area (Å²) in [6.07, 6.45) is 0.147. The predicted molar refractivity (Wildman–Crippen MR) is 138 cm³/mol. The summed E-state index contributed by atoms with van der Waals surface area (Å²) in [7, 11) is 1.58. The van der Waals surface area contributed by atoms with Crippen molar-refractivity contribution in [2.24, 2.45) is 5.92 Å². The van der Waals surface area contributed by atoms with Crippen molar-refractivity contribution in [1.82, 2.24) is 0 Å². The van der Waals surface area contributed by atoms with Gasteiger partial charge in [0.15, 0.2) is 5.78 Å². The van der Waals surface area contributed by atoms with Gasteiger partial charge in [0, 0.05) is 33.6 Å². The molecule has 176 valence electrons. The van der Waals surface area contributed by atoms with Gasteiger partial charge in [-0.05, 0) is 59.7 Å². The number of methoxy groups -OCH3 is 1. The lowest BCUT2D eigenvalue weighted by molar-refractivity contribution is -0.117. The summed E-state index contributed by atoms with van der Waals surface area (Å²) in [6, 6.07) is 16.9. The van der Waals surface area contributed by atoms with Crippen LogP contribution in [0.2, 0.25) is 15.1 Å². The van der Waals surface area contributed by atoms with Gasteiger partial charge < -0.3 is 10.1 Å². The highest BCUT2D eigenvalue weighted by Gasteiger charge is 2.67. The quantitative estimate of drug-likeness (QED) is 0.240. The Labute approximate surface area is 222 Å². The molecule has 9 heteroatoms. The van der Waals surface area contributed by atoms with Gasteiger partial charge in [-0.1, -0.05) is 46.9 Å². The smallest absolute Gasteiger partial charge is 0.231 e. The first-order valence-corrected chi connectivity index (χ1v) is 12.1. The molecule has 0 heterocycles. The molecule has 1 aliphatic carbocycles. The maximum absolute atomic E-state index is 13.0. The van der Waals surface area contributed by atoms with Crippen LogP contribution in [0.3, 0.4) is 0 Å². The molecule has 0 radical (unpaired) electrons. The van der Waals surface area contributed by atoms with Gasteiger partial charge in [-0.3, -0.25) is 9.59 Å². The molecule has 34 heavy (non-hydrogen) atoms. The third kappa shape index (κ3) is 5.32. The second-order valence-electron chi connectivity index (χ2n) is 7.96. The van der Waals surface area contributed by atoms with Crippen LogP contribution < -0.4 is 10.1 Å². The van der Waals surface area contributed by atoms with Crippen molar-refractivity contribution < 1.29 is 14.3 Å². The first-order valence-electron chi connectivity index (χ1n) is 10.2. The third-order valence-corrected chi connectivity index (χ3v) is 7.34. The summed E-state index contributed by atoms with van der Waals surface area (Å²) in [5.74, 6) is -1.07. The number of halogens is 5. The molecule has 1 N–H and O–H groups in total. The number of anilines is 1.